The van der Waals surface area contributed by atoms with Gasteiger partial charge in [0, 0.05) is 86.9 Å². The molecule has 0 unspecified atom stereocenters. The maximum atomic E-state index is 13.6. The van der Waals surface area contributed by atoms with E-state index in [1.807, 2.05) is 6.92 Å². The van der Waals surface area contributed by atoms with Crippen molar-refractivity contribution < 1.29 is 55.1 Å². The standard InChI is InChI=1S/C18H18F2N6O.C18H19FN6O.C16H15F4N7O.7H2/c19-5-7-22-17(27)18(3-1-4-18)26-14-2-6-21-16(25-14)13-10-24-15-12(13)8-11(20)9-23-15;1-2-20-17(26)18(5-3-6-18)25-14-4-7-21-16(24-14)13-10-23-15-12(13)8-11(19)9-22-15;1-15(2,13(28)23-6-16(18,19)20)27-14-25-7-24-12(26-14)10-5-22-11-9(10)3-8(17)4-21-11;;;;;;;/h2,6,8-10H,1,3-5,7H2,(H,22,27)(H,23,24)(H,21,25,26);4,7-10H,2-3,5-6H2,1H3,(H,20,26)(H,22,23)(H,21,24,25);3-5,7H,6H2,1-2H3,(H,21,22)(H,23,28)(H,24,25,26,27);7*1H. The number of amides is 3. The van der Waals surface area contributed by atoms with Gasteiger partial charge in [0.1, 0.15) is 82.2 Å². The lowest BCUT2D eigenvalue weighted by atomic mass is 9.76. The highest BCUT2D eigenvalue weighted by atomic mass is 19.4. The Hall–Kier alpha value is -9.44. The molecule has 0 bridgehead atoms. The maximum absolute atomic E-state index is 13.6. The van der Waals surface area contributed by atoms with Crippen molar-refractivity contribution in [2.24, 2.45) is 0 Å². The second-order valence-corrected chi connectivity index (χ2v) is 19.4. The van der Waals surface area contributed by atoms with Gasteiger partial charge in [-0.25, -0.2) is 62.4 Å². The summed E-state index contributed by atoms with van der Waals surface area (Å²) in [4.78, 5) is 87.2. The molecule has 2 aliphatic rings. The van der Waals surface area contributed by atoms with Gasteiger partial charge in [0.05, 0.1) is 18.6 Å². The Morgan fingerprint density at radius 2 is 1.06 bits per heavy atom. The van der Waals surface area contributed by atoms with Gasteiger partial charge in [-0.2, -0.15) is 18.2 Å². The number of likely N-dealkylation sites (N-methyl/N-ethyl adjacent to an activating group) is 1. The fourth-order valence-corrected chi connectivity index (χ4v) is 8.86. The van der Waals surface area contributed by atoms with E-state index in [1.54, 1.807) is 42.2 Å². The van der Waals surface area contributed by atoms with Crippen molar-refractivity contribution in [2.75, 3.05) is 42.3 Å². The third kappa shape index (κ3) is 12.9. The third-order valence-electron chi connectivity index (χ3n) is 13.3. The Balaban J connectivity index is 0.000000433. The number of aromatic amines is 3. The molecular weight excluding hydrogens is 1070 g/mol. The highest BCUT2D eigenvalue weighted by molar-refractivity contribution is 5.95. The lowest BCUT2D eigenvalue weighted by Gasteiger charge is -2.41. The van der Waals surface area contributed by atoms with E-state index in [4.69, 9.17) is 0 Å². The molecule has 81 heavy (non-hydrogen) atoms. The van der Waals surface area contributed by atoms with Crippen molar-refractivity contribution in [3.63, 3.8) is 0 Å². The number of alkyl halides is 4. The summed E-state index contributed by atoms with van der Waals surface area (Å²) in [6.45, 7) is 3.19. The Kier molecular flexibility index (Phi) is 16.3. The molecule has 2 aliphatic carbocycles. The zero-order chi connectivity index (χ0) is 57.5. The van der Waals surface area contributed by atoms with Crippen LogP contribution in [0.2, 0.25) is 0 Å². The molecule has 436 valence electrons. The third-order valence-corrected chi connectivity index (χ3v) is 13.3. The number of anilines is 3. The predicted octanol–water partition coefficient (Wildman–Crippen LogP) is 9.35. The molecular formula is C52H66F7N19O3. The first-order valence-corrected chi connectivity index (χ1v) is 25.3. The Morgan fingerprint density at radius 1 is 0.617 bits per heavy atom. The van der Waals surface area contributed by atoms with Crippen molar-refractivity contribution >= 4 is 68.4 Å². The van der Waals surface area contributed by atoms with E-state index in [1.165, 1.54) is 44.6 Å². The molecule has 9 heterocycles. The van der Waals surface area contributed by atoms with Crippen LogP contribution >= 0.6 is 0 Å². The van der Waals surface area contributed by atoms with E-state index in [-0.39, 0.29) is 40.1 Å². The van der Waals surface area contributed by atoms with Gasteiger partial charge in [-0.3, -0.25) is 14.4 Å². The molecule has 0 atom stereocenters. The van der Waals surface area contributed by atoms with Crippen LogP contribution < -0.4 is 31.9 Å². The van der Waals surface area contributed by atoms with Gasteiger partial charge in [0.15, 0.2) is 17.5 Å². The monoisotopic (exact) mass is 1140 g/mol. The number of nitrogens with zero attached hydrogens (tertiary/aromatic N) is 10. The average molecular weight is 1140 g/mol. The SMILES string of the molecule is CC(C)(Nc1ncnc(-c2c[nH]c3ncc(F)cc23)n1)C(=O)NCC(F)(F)F.CCNC(=O)C1(Nc2ccnc(-c3c[nH]c4ncc(F)cc34)n2)CCC1.O=C(NCCF)C1(Nc2ccnc(-c3c[nH]c4ncc(F)cc34)n2)CCC1.[HH].[HH].[HH].[HH].[HH].[HH].[HH]. The highest BCUT2D eigenvalue weighted by Crippen LogP contribution is 2.37. The van der Waals surface area contributed by atoms with Crippen LogP contribution in [0.15, 0.2) is 86.2 Å². The van der Waals surface area contributed by atoms with Crippen LogP contribution in [0, 0.1) is 17.5 Å². The molecule has 9 N–H and O–H groups in total. The van der Waals surface area contributed by atoms with Crippen LogP contribution in [0.1, 0.15) is 69.3 Å². The molecule has 0 aliphatic heterocycles. The van der Waals surface area contributed by atoms with Crippen LogP contribution in [0.5, 0.6) is 0 Å². The van der Waals surface area contributed by atoms with Crippen LogP contribution in [0.3, 0.4) is 0 Å². The number of aromatic nitrogens is 13. The number of H-pyrrole nitrogens is 3. The molecule has 22 nitrogen and oxygen atoms in total. The number of carbonyl (C=O) groups is 3. The van der Waals surface area contributed by atoms with Crippen molar-refractivity contribution in [3.05, 3.63) is 104 Å². The van der Waals surface area contributed by atoms with Gasteiger partial charge in [-0.1, -0.05) is 0 Å². The quantitative estimate of drug-likeness (QED) is 0.0407. The Morgan fingerprint density at radius 3 is 1.47 bits per heavy atom. The lowest BCUT2D eigenvalue weighted by molar-refractivity contribution is -0.140. The molecule has 3 amide bonds. The fraction of sp³-hybridized carbons (Fsp3) is 0.327. The smallest absolute Gasteiger partial charge is 0.356 e. The topological polar surface area (TPSA) is 300 Å². The highest BCUT2D eigenvalue weighted by Gasteiger charge is 2.45. The fourth-order valence-electron chi connectivity index (χ4n) is 8.86. The summed E-state index contributed by atoms with van der Waals surface area (Å²) in [5.41, 5.74) is 0.434. The van der Waals surface area contributed by atoms with Gasteiger partial charge in [0.25, 0.3) is 0 Å². The maximum Gasteiger partial charge on any atom is 0.405 e. The Labute approximate surface area is 465 Å². The minimum absolute atomic E-state index is 0. The zero-order valence-corrected chi connectivity index (χ0v) is 43.5. The molecule has 9 aromatic rings. The van der Waals surface area contributed by atoms with E-state index >= 15 is 0 Å². The summed E-state index contributed by atoms with van der Waals surface area (Å²) in [6.07, 6.45) is 12.8. The summed E-state index contributed by atoms with van der Waals surface area (Å²) >= 11 is 0. The van der Waals surface area contributed by atoms with Crippen LogP contribution in [0.4, 0.5) is 48.3 Å². The van der Waals surface area contributed by atoms with E-state index in [9.17, 15) is 45.1 Å². The van der Waals surface area contributed by atoms with Crippen LogP contribution in [-0.4, -0.2) is 132 Å². The van der Waals surface area contributed by atoms with E-state index in [2.05, 4.69) is 91.4 Å². The zero-order valence-electron chi connectivity index (χ0n) is 43.5. The van der Waals surface area contributed by atoms with Crippen LogP contribution in [-0.2, 0) is 14.4 Å². The van der Waals surface area contributed by atoms with E-state index in [0.717, 1.165) is 44.3 Å². The van der Waals surface area contributed by atoms with Crippen molar-refractivity contribution in [2.45, 2.75) is 82.1 Å². The normalized spacial score (nSPS) is 14.3. The number of fused-ring (bicyclic) bond motifs is 3. The second-order valence-electron chi connectivity index (χ2n) is 19.4. The second kappa shape index (κ2) is 23.5. The molecule has 2 saturated carbocycles. The summed E-state index contributed by atoms with van der Waals surface area (Å²) < 4.78 is 89.8. The van der Waals surface area contributed by atoms with Crippen LogP contribution in [0.25, 0.3) is 67.3 Å². The first kappa shape index (κ1) is 56.3. The number of carbonyl (C=O) groups excluding carboxylic acids is 3. The lowest BCUT2D eigenvalue weighted by Crippen LogP contribution is -2.57. The molecule has 0 saturated heterocycles. The number of nitrogens with one attached hydrogen (secondary N) is 9. The first-order valence-electron chi connectivity index (χ1n) is 25.3. The number of pyridine rings is 3. The molecule has 0 spiro atoms. The van der Waals surface area contributed by atoms with E-state index < -0.39 is 59.4 Å². The van der Waals surface area contributed by atoms with Crippen molar-refractivity contribution in [3.8, 4) is 34.2 Å². The van der Waals surface area contributed by atoms with Gasteiger partial charge in [-0.15, -0.1) is 0 Å². The van der Waals surface area contributed by atoms with E-state index in [0.29, 0.717) is 92.5 Å². The minimum atomic E-state index is -4.52. The molecule has 9 aromatic heterocycles. The largest absolute Gasteiger partial charge is 0.405 e. The number of hydrogen-bond acceptors (Lipinski definition) is 16. The van der Waals surface area contributed by atoms with Gasteiger partial charge in [0.2, 0.25) is 23.7 Å². The molecule has 2 fully saturated rings. The number of rotatable bonds is 16. The summed E-state index contributed by atoms with van der Waals surface area (Å²) in [5, 5.41) is 18.0. The molecule has 11 rings (SSSR count). The van der Waals surface area contributed by atoms with Gasteiger partial charge < -0.3 is 46.9 Å². The van der Waals surface area contributed by atoms with Gasteiger partial charge in [-0.05, 0) is 89.6 Å². The van der Waals surface area contributed by atoms with Crippen molar-refractivity contribution in [1.29, 1.82) is 0 Å². The summed E-state index contributed by atoms with van der Waals surface area (Å²) in [7, 11) is 0. The molecule has 0 aromatic carbocycles. The summed E-state index contributed by atoms with van der Waals surface area (Å²) in [5.74, 6) is -0.515. The summed E-state index contributed by atoms with van der Waals surface area (Å²) in [6, 6.07) is 7.44. The van der Waals surface area contributed by atoms with Gasteiger partial charge >= 0.3 is 6.18 Å². The molecule has 0 radical (unpaired) electrons. The number of halogens is 7. The Bertz CT molecular complexity index is 3760. The number of hydrogen-bond donors (Lipinski definition) is 9. The molecule has 29 heteroatoms. The van der Waals surface area contributed by atoms with Crippen molar-refractivity contribution in [1.82, 2.24) is 80.7 Å². The first-order chi connectivity index (χ1) is 38.8. The predicted molar refractivity (Wildman–Crippen MR) is 299 cm³/mol. The average Bonchev–Trinajstić information content (AvgIpc) is 4.30. The minimum Gasteiger partial charge on any atom is -0.356 e.